The molecule has 1 fully saturated rings. The monoisotopic (exact) mass is 565 g/mol. The number of rotatable bonds is 4. The maximum Gasteiger partial charge on any atom is 0.293 e. The van der Waals surface area contributed by atoms with Gasteiger partial charge in [0.2, 0.25) is 0 Å². The number of nitrogens with zero attached hydrogens (tertiary/aromatic N) is 1. The first kappa shape index (κ1) is 21.5. The van der Waals surface area contributed by atoms with Crippen LogP contribution in [0.2, 0.25) is 10.0 Å². The van der Waals surface area contributed by atoms with Crippen LogP contribution in [0.5, 0.6) is 11.5 Å². The first-order chi connectivity index (χ1) is 13.2. The third kappa shape index (κ3) is 4.07. The normalized spacial score (nSPS) is 15.6. The lowest BCUT2D eigenvalue weighted by Crippen LogP contribution is -2.27. The largest absolute Gasteiger partial charge is 0.503 e. The lowest BCUT2D eigenvalue weighted by Gasteiger charge is -2.14. The number of benzene rings is 2. The summed E-state index contributed by atoms with van der Waals surface area (Å²) in [5, 5.41) is 10.4. The van der Waals surface area contributed by atoms with Crippen molar-refractivity contribution in [1.82, 2.24) is 4.90 Å². The van der Waals surface area contributed by atoms with Crippen LogP contribution in [0.15, 0.2) is 38.1 Å². The summed E-state index contributed by atoms with van der Waals surface area (Å²) in [7, 11) is 1.42. The quantitative estimate of drug-likeness (QED) is 0.429. The molecule has 2 amide bonds. The topological polar surface area (TPSA) is 66.8 Å². The lowest BCUT2D eigenvalue weighted by atomic mass is 10.1. The van der Waals surface area contributed by atoms with Crippen molar-refractivity contribution in [3.8, 4) is 11.5 Å². The smallest absolute Gasteiger partial charge is 0.293 e. The van der Waals surface area contributed by atoms with Gasteiger partial charge in [0, 0.05) is 20.1 Å². The fourth-order valence-electron chi connectivity index (χ4n) is 2.49. The highest BCUT2D eigenvalue weighted by atomic mass is 79.9. The number of phenolic OH excluding ortho intramolecular Hbond substituents is 1. The molecule has 0 bridgehead atoms. The van der Waals surface area contributed by atoms with E-state index >= 15 is 0 Å². The number of hydrogen-bond acceptors (Lipinski definition) is 5. The molecule has 0 atom stereocenters. The minimum atomic E-state index is -0.457. The molecule has 28 heavy (non-hydrogen) atoms. The zero-order valence-corrected chi connectivity index (χ0v) is 19.6. The number of carbonyl (C=O) groups excluding carboxylic acids is 2. The Balaban J connectivity index is 1.95. The van der Waals surface area contributed by atoms with Gasteiger partial charge in [-0.25, -0.2) is 0 Å². The number of methoxy groups -OCH3 is 1. The average Bonchev–Trinajstić information content (AvgIpc) is 2.92. The number of phenols is 1. The predicted molar refractivity (Wildman–Crippen MR) is 118 cm³/mol. The Morgan fingerprint density at radius 1 is 1.21 bits per heavy atom. The molecule has 0 saturated carbocycles. The Labute approximate surface area is 191 Å². The SMILES string of the molecule is COc1cc(/C=C2\SC(=O)N(Cc3c(Cl)cccc3Cl)C2=O)c(Br)c(Br)c1O. The molecule has 1 saturated heterocycles. The van der Waals surface area contributed by atoms with Crippen molar-refractivity contribution in [2.45, 2.75) is 6.54 Å². The molecular weight excluding hydrogens is 557 g/mol. The Bertz CT molecular complexity index is 1010. The number of halogens is 4. The van der Waals surface area contributed by atoms with Crippen LogP contribution in [0, 0.1) is 0 Å². The van der Waals surface area contributed by atoms with Crippen LogP contribution in [0.25, 0.3) is 6.08 Å². The van der Waals surface area contributed by atoms with Crippen LogP contribution >= 0.6 is 66.8 Å². The second-order valence-electron chi connectivity index (χ2n) is 5.61. The van der Waals surface area contributed by atoms with Crippen molar-refractivity contribution < 1.29 is 19.4 Å². The molecule has 1 N–H and O–H groups in total. The van der Waals surface area contributed by atoms with Crippen molar-refractivity contribution in [2.24, 2.45) is 0 Å². The van der Waals surface area contributed by atoms with E-state index < -0.39 is 11.1 Å². The molecule has 0 spiro atoms. The van der Waals surface area contributed by atoms with Gasteiger partial charge in [-0.3, -0.25) is 14.5 Å². The van der Waals surface area contributed by atoms with Crippen molar-refractivity contribution in [1.29, 1.82) is 0 Å². The van der Waals surface area contributed by atoms with Gasteiger partial charge in [-0.2, -0.15) is 0 Å². The molecule has 2 aromatic carbocycles. The highest BCUT2D eigenvalue weighted by Gasteiger charge is 2.36. The number of aromatic hydroxyl groups is 1. The second kappa shape index (κ2) is 8.67. The molecule has 2 aromatic rings. The number of carbonyl (C=O) groups is 2. The standard InChI is InChI=1S/C18H11Br2Cl2NO4S/c1-27-12-5-8(14(19)15(20)16(12)24)6-13-17(25)23(18(26)28-13)7-9-10(21)3-2-4-11(9)22/h2-6,24H,7H2,1H3/b13-6-. The molecule has 0 unspecified atom stereocenters. The zero-order chi connectivity index (χ0) is 20.6. The van der Waals surface area contributed by atoms with E-state index in [1.54, 1.807) is 30.3 Å². The summed E-state index contributed by atoms with van der Waals surface area (Å²) in [5.41, 5.74) is 1.06. The maximum absolute atomic E-state index is 12.8. The van der Waals surface area contributed by atoms with Crippen molar-refractivity contribution in [2.75, 3.05) is 7.11 Å². The van der Waals surface area contributed by atoms with Gasteiger partial charge >= 0.3 is 0 Å². The molecule has 3 rings (SSSR count). The summed E-state index contributed by atoms with van der Waals surface area (Å²) in [6, 6.07) is 6.54. The predicted octanol–water partition coefficient (Wildman–Crippen LogP) is 6.47. The van der Waals surface area contributed by atoms with Gasteiger partial charge in [0.15, 0.2) is 11.5 Å². The Morgan fingerprint density at radius 2 is 1.86 bits per heavy atom. The number of thioether (sulfide) groups is 1. The van der Waals surface area contributed by atoms with Crippen LogP contribution in [0.4, 0.5) is 4.79 Å². The fourth-order valence-corrected chi connectivity index (χ4v) is 4.68. The molecule has 0 radical (unpaired) electrons. The van der Waals surface area contributed by atoms with Crippen LogP contribution in [-0.4, -0.2) is 28.3 Å². The van der Waals surface area contributed by atoms with Crippen molar-refractivity contribution in [3.63, 3.8) is 0 Å². The van der Waals surface area contributed by atoms with Gasteiger partial charge < -0.3 is 9.84 Å². The van der Waals surface area contributed by atoms with E-state index in [2.05, 4.69) is 31.9 Å². The molecule has 1 heterocycles. The third-order valence-corrected chi connectivity index (χ3v) is 7.71. The molecular formula is C18H11Br2Cl2NO4S. The van der Waals surface area contributed by atoms with Gasteiger partial charge in [-0.1, -0.05) is 29.3 Å². The summed E-state index contributed by atoms with van der Waals surface area (Å²) in [4.78, 5) is 26.5. The van der Waals surface area contributed by atoms with E-state index in [0.29, 0.717) is 30.1 Å². The maximum atomic E-state index is 12.8. The average molecular weight is 568 g/mol. The highest BCUT2D eigenvalue weighted by molar-refractivity contribution is 9.13. The number of imide groups is 1. The Morgan fingerprint density at radius 3 is 2.46 bits per heavy atom. The number of amides is 2. The molecule has 146 valence electrons. The molecule has 5 nitrogen and oxygen atoms in total. The lowest BCUT2D eigenvalue weighted by molar-refractivity contribution is -0.123. The Kier molecular flexibility index (Phi) is 6.66. The van der Waals surface area contributed by atoms with E-state index in [1.807, 2.05) is 0 Å². The van der Waals surface area contributed by atoms with Gasteiger partial charge in [0.05, 0.1) is 23.0 Å². The summed E-state index contributed by atoms with van der Waals surface area (Å²) in [5.74, 6) is -0.308. The molecule has 10 heteroatoms. The fraction of sp³-hybridized carbons (Fsp3) is 0.111. The summed E-state index contributed by atoms with van der Waals surface area (Å²) < 4.78 is 6.03. The van der Waals surface area contributed by atoms with Gasteiger partial charge in [0.1, 0.15) is 0 Å². The van der Waals surface area contributed by atoms with E-state index in [0.717, 1.165) is 16.7 Å². The molecule has 1 aliphatic rings. The van der Waals surface area contributed by atoms with Crippen LogP contribution < -0.4 is 4.74 Å². The van der Waals surface area contributed by atoms with Crippen molar-refractivity contribution >= 4 is 84.0 Å². The van der Waals surface area contributed by atoms with E-state index in [1.165, 1.54) is 7.11 Å². The first-order valence-electron chi connectivity index (χ1n) is 7.67. The van der Waals surface area contributed by atoms with Crippen LogP contribution in [0.1, 0.15) is 11.1 Å². The van der Waals surface area contributed by atoms with Crippen molar-refractivity contribution in [3.05, 3.63) is 59.3 Å². The number of hydrogen-bond donors (Lipinski definition) is 1. The highest BCUT2D eigenvalue weighted by Crippen LogP contribution is 2.44. The second-order valence-corrected chi connectivity index (χ2v) is 9.01. The zero-order valence-electron chi connectivity index (χ0n) is 14.1. The van der Waals surface area contributed by atoms with Gasteiger partial charge in [-0.15, -0.1) is 0 Å². The Hall–Kier alpha value is -1.19. The van der Waals surface area contributed by atoms with Crippen LogP contribution in [0.3, 0.4) is 0 Å². The molecule has 0 aliphatic carbocycles. The van der Waals surface area contributed by atoms with E-state index in [-0.39, 0.29) is 22.9 Å². The van der Waals surface area contributed by atoms with E-state index in [9.17, 15) is 14.7 Å². The van der Waals surface area contributed by atoms with Gasteiger partial charge in [-0.05, 0) is 73.5 Å². The first-order valence-corrected chi connectivity index (χ1v) is 10.8. The minimum Gasteiger partial charge on any atom is -0.503 e. The summed E-state index contributed by atoms with van der Waals surface area (Å²) in [6.07, 6.45) is 1.55. The van der Waals surface area contributed by atoms with E-state index in [4.69, 9.17) is 27.9 Å². The summed E-state index contributed by atoms with van der Waals surface area (Å²) in [6.45, 7) is -0.0235. The number of ether oxygens (including phenoxy) is 1. The summed E-state index contributed by atoms with van der Waals surface area (Å²) >= 11 is 19.7. The molecule has 0 aromatic heterocycles. The van der Waals surface area contributed by atoms with Gasteiger partial charge in [0.25, 0.3) is 11.1 Å². The molecule has 1 aliphatic heterocycles. The van der Waals surface area contributed by atoms with Crippen LogP contribution in [-0.2, 0) is 11.3 Å². The third-order valence-electron chi connectivity index (χ3n) is 3.93. The minimum absolute atomic E-state index is 0.0235.